The molecule has 0 radical (unpaired) electrons. The summed E-state index contributed by atoms with van der Waals surface area (Å²) in [7, 11) is -3.35. The van der Waals surface area contributed by atoms with E-state index in [1.165, 1.54) is 7.05 Å². The van der Waals surface area contributed by atoms with Crippen molar-refractivity contribution in [1.29, 1.82) is 0 Å². The molecule has 1 amide bonds. The highest BCUT2D eigenvalue weighted by Gasteiger charge is 2.43. The summed E-state index contributed by atoms with van der Waals surface area (Å²) in [4.78, 5) is 12.4. The molecule has 3 rings (SSSR count). The van der Waals surface area contributed by atoms with Gasteiger partial charge in [0.1, 0.15) is 5.75 Å². The van der Waals surface area contributed by atoms with Crippen LogP contribution >= 0.6 is 0 Å². The van der Waals surface area contributed by atoms with Crippen molar-refractivity contribution in [3.63, 3.8) is 0 Å². The molecule has 15 heteroatoms. The number of alkyl halides is 6. The van der Waals surface area contributed by atoms with Crippen molar-refractivity contribution in [2.24, 2.45) is 0 Å². The number of rotatable bonds is 5. The maximum Gasteiger partial charge on any atom is 0.573 e. The summed E-state index contributed by atoms with van der Waals surface area (Å²) >= 11 is 0. The minimum Gasteiger partial charge on any atom is -0.417 e. The molecule has 198 valence electrons. The van der Waals surface area contributed by atoms with Gasteiger partial charge in [0.25, 0.3) is 0 Å². The van der Waals surface area contributed by atoms with Crippen molar-refractivity contribution in [1.82, 2.24) is 4.31 Å². The molecule has 1 aliphatic heterocycles. The van der Waals surface area contributed by atoms with E-state index in [4.69, 9.17) is 4.74 Å². The van der Waals surface area contributed by atoms with E-state index in [0.717, 1.165) is 51.7 Å². The Morgan fingerprint density at radius 2 is 1.56 bits per heavy atom. The Hall–Kier alpha value is -3.04. The van der Waals surface area contributed by atoms with Gasteiger partial charge in [-0.1, -0.05) is 12.1 Å². The van der Waals surface area contributed by atoms with Crippen molar-refractivity contribution in [2.75, 3.05) is 25.0 Å². The average molecular weight is 542 g/mol. The Bertz CT molecular complexity index is 1190. The second kappa shape index (κ2) is 9.78. The number of piperidine rings is 1. The number of benzene rings is 2. The molecule has 1 saturated heterocycles. The van der Waals surface area contributed by atoms with E-state index in [2.05, 4.69) is 4.74 Å². The van der Waals surface area contributed by atoms with E-state index >= 15 is 0 Å². The number of sulfonamides is 1. The smallest absolute Gasteiger partial charge is 0.417 e. The molecule has 0 aliphatic carbocycles. The van der Waals surface area contributed by atoms with E-state index in [9.17, 15) is 44.7 Å². The van der Waals surface area contributed by atoms with Gasteiger partial charge in [0.15, 0.2) is 0 Å². The number of anilines is 1. The number of amides is 1. The van der Waals surface area contributed by atoms with Crippen LogP contribution in [0.2, 0.25) is 0 Å². The van der Waals surface area contributed by atoms with Crippen molar-refractivity contribution in [3.05, 3.63) is 54.1 Å². The summed E-state index contributed by atoms with van der Waals surface area (Å²) in [6, 6.07) is 7.89. The van der Waals surface area contributed by atoms with Gasteiger partial charge in [0.05, 0.1) is 10.5 Å². The quantitative estimate of drug-likeness (QED) is 0.446. The molecule has 2 aromatic carbocycles. The molecule has 0 saturated carbocycles. The monoisotopic (exact) mass is 542 g/mol. The summed E-state index contributed by atoms with van der Waals surface area (Å²) in [6.45, 7) is -0.878. The molecule has 0 spiro atoms. The molecule has 0 atom stereocenters. The third-order valence-electron chi connectivity index (χ3n) is 5.32. The predicted octanol–water partition coefficient (Wildman–Crippen LogP) is 4.35. The van der Waals surface area contributed by atoms with Crippen LogP contribution in [0.15, 0.2) is 53.4 Å². The molecule has 1 aliphatic rings. The zero-order chi connectivity index (χ0) is 26.9. The van der Waals surface area contributed by atoms with Gasteiger partial charge in [0.2, 0.25) is 15.8 Å². The predicted molar refractivity (Wildman–Crippen MR) is 112 cm³/mol. The van der Waals surface area contributed by atoms with Gasteiger partial charge >= 0.3 is 18.6 Å². The summed E-state index contributed by atoms with van der Waals surface area (Å²) in [5.74, 6) is -2.65. The van der Waals surface area contributed by atoms with Crippen LogP contribution < -0.4 is 9.64 Å². The van der Waals surface area contributed by atoms with Crippen LogP contribution in [-0.4, -0.2) is 56.2 Å². The normalized spacial score (nSPS) is 16.9. The minimum atomic E-state index is -4.91. The van der Waals surface area contributed by atoms with Gasteiger partial charge in [-0.15, -0.1) is 13.2 Å². The van der Waals surface area contributed by atoms with Crippen LogP contribution in [0.4, 0.5) is 36.8 Å². The van der Waals surface area contributed by atoms with E-state index < -0.39 is 76.6 Å². The number of ether oxygens (including phenoxy) is 2. The van der Waals surface area contributed by atoms with Crippen LogP contribution in [0.5, 0.6) is 5.75 Å². The summed E-state index contributed by atoms with van der Waals surface area (Å²) in [5.41, 5.74) is -1.23. The number of hydrogen-bond acceptors (Lipinski definition) is 6. The topological polar surface area (TPSA) is 96.4 Å². The molecule has 2 aromatic rings. The largest absolute Gasteiger partial charge is 0.573 e. The number of hydrogen-bond donors (Lipinski definition) is 1. The zero-order valence-corrected chi connectivity index (χ0v) is 19.3. The molecule has 1 heterocycles. The highest BCUT2D eigenvalue weighted by atomic mass is 32.2. The lowest BCUT2D eigenvalue weighted by molar-refractivity contribution is -0.274. The Labute approximate surface area is 201 Å². The number of halogens is 6. The van der Waals surface area contributed by atoms with Gasteiger partial charge in [-0.3, -0.25) is 4.90 Å². The number of carbonyl (C=O) groups excluding carboxylic acids is 1. The first kappa shape index (κ1) is 27.5. The van der Waals surface area contributed by atoms with Crippen molar-refractivity contribution >= 4 is 21.8 Å². The van der Waals surface area contributed by atoms with Gasteiger partial charge in [0, 0.05) is 38.7 Å². The number of carbonyl (C=O) groups is 1. The maximum atomic E-state index is 13.3. The molecule has 36 heavy (non-hydrogen) atoms. The van der Waals surface area contributed by atoms with E-state index in [1.54, 1.807) is 0 Å². The Morgan fingerprint density at radius 1 is 1.00 bits per heavy atom. The fourth-order valence-electron chi connectivity index (χ4n) is 3.45. The number of aliphatic hydroxyl groups is 1. The first-order valence-electron chi connectivity index (χ1n) is 10.2. The Kier molecular flexibility index (Phi) is 7.49. The molecule has 1 N–H and O–H groups in total. The van der Waals surface area contributed by atoms with Crippen LogP contribution in [0.1, 0.15) is 18.4 Å². The molecule has 0 aromatic heterocycles. The molecular weight excluding hydrogens is 522 g/mol. The Balaban J connectivity index is 1.65. The maximum absolute atomic E-state index is 13.3. The third kappa shape index (κ3) is 6.39. The number of nitrogens with zero attached hydrogens (tertiary/aromatic N) is 2. The van der Waals surface area contributed by atoms with Crippen molar-refractivity contribution in [2.45, 2.75) is 36.1 Å². The SMILES string of the molecule is CN(C(=O)OC1(O)CCN(S(=O)(=O)c2ccccc2C(F)(F)F)CC1)c1ccc(OC(F)(F)F)cc1. The molecule has 8 nitrogen and oxygen atoms in total. The third-order valence-corrected chi connectivity index (χ3v) is 7.28. The summed E-state index contributed by atoms with van der Waals surface area (Å²) < 4.78 is 112. The van der Waals surface area contributed by atoms with Gasteiger partial charge in [-0.05, 0) is 36.4 Å². The second-order valence-corrected chi connectivity index (χ2v) is 9.72. The summed E-state index contributed by atoms with van der Waals surface area (Å²) in [5, 5.41) is 10.6. The first-order valence-corrected chi connectivity index (χ1v) is 11.7. The van der Waals surface area contributed by atoms with Gasteiger partial charge in [-0.25, -0.2) is 13.2 Å². The first-order chi connectivity index (χ1) is 16.5. The molecule has 1 fully saturated rings. The zero-order valence-electron chi connectivity index (χ0n) is 18.5. The van der Waals surface area contributed by atoms with E-state index in [-0.39, 0.29) is 5.69 Å². The minimum absolute atomic E-state index is 0.0990. The average Bonchev–Trinajstić information content (AvgIpc) is 2.77. The van der Waals surface area contributed by atoms with Crippen molar-refractivity contribution < 1.29 is 54.1 Å². The Morgan fingerprint density at radius 3 is 2.08 bits per heavy atom. The van der Waals surface area contributed by atoms with E-state index in [1.807, 2.05) is 0 Å². The lowest BCUT2D eigenvalue weighted by Gasteiger charge is -2.37. The fraction of sp³-hybridized carbons (Fsp3) is 0.381. The lowest BCUT2D eigenvalue weighted by atomic mass is 10.1. The molecule has 0 bridgehead atoms. The van der Waals surface area contributed by atoms with Crippen LogP contribution in [0.3, 0.4) is 0 Å². The molecule has 0 unspecified atom stereocenters. The van der Waals surface area contributed by atoms with Crippen LogP contribution in [0.25, 0.3) is 0 Å². The van der Waals surface area contributed by atoms with Crippen molar-refractivity contribution in [3.8, 4) is 5.75 Å². The van der Waals surface area contributed by atoms with Crippen LogP contribution in [0, 0.1) is 0 Å². The van der Waals surface area contributed by atoms with Gasteiger partial charge < -0.3 is 14.6 Å². The second-order valence-electron chi connectivity index (χ2n) is 7.81. The highest BCUT2D eigenvalue weighted by Crippen LogP contribution is 2.36. The standard InChI is InChI=1S/C21H20F6N2O6S/c1-28(14-6-8-15(9-7-14)34-21(25,26)27)18(30)35-19(31)10-12-29(13-11-19)36(32,33)17-5-3-2-4-16(17)20(22,23)24/h2-9,31H,10-13H2,1H3. The summed E-state index contributed by atoms with van der Waals surface area (Å²) in [6.07, 6.45) is -11.8. The van der Waals surface area contributed by atoms with Crippen LogP contribution in [-0.2, 0) is 20.9 Å². The van der Waals surface area contributed by atoms with Gasteiger partial charge in [-0.2, -0.15) is 17.5 Å². The fourth-order valence-corrected chi connectivity index (χ4v) is 5.10. The van der Waals surface area contributed by atoms with E-state index in [0.29, 0.717) is 6.07 Å². The molecular formula is C21H20F6N2O6S. The highest BCUT2D eigenvalue weighted by molar-refractivity contribution is 7.89. The lowest BCUT2D eigenvalue weighted by Crippen LogP contribution is -2.50.